The first-order valence-corrected chi connectivity index (χ1v) is 8.36. The van der Waals surface area contributed by atoms with Crippen LogP contribution in [0.1, 0.15) is 36.2 Å². The van der Waals surface area contributed by atoms with Crippen molar-refractivity contribution in [3.05, 3.63) is 52.3 Å². The van der Waals surface area contributed by atoms with Crippen molar-refractivity contribution in [2.24, 2.45) is 0 Å². The third kappa shape index (κ3) is 4.15. The molecule has 4 nitrogen and oxygen atoms in total. The Balaban J connectivity index is 1.66. The highest BCUT2D eigenvalue weighted by atomic mass is 35.5. The lowest BCUT2D eigenvalue weighted by Gasteiger charge is -2.12. The van der Waals surface area contributed by atoms with E-state index in [1.165, 1.54) is 12.8 Å². The molecule has 23 heavy (non-hydrogen) atoms. The molecule has 120 valence electrons. The molecule has 1 aliphatic carbocycles. The van der Waals surface area contributed by atoms with E-state index < -0.39 is 0 Å². The minimum atomic E-state index is -0.121. The van der Waals surface area contributed by atoms with Crippen molar-refractivity contribution in [2.75, 3.05) is 5.32 Å². The molecular formula is C17H17Cl2N3O. The maximum absolute atomic E-state index is 12.1. The summed E-state index contributed by atoms with van der Waals surface area (Å²) in [6, 6.07) is 8.98. The van der Waals surface area contributed by atoms with Crippen LogP contribution in [0.3, 0.4) is 0 Å². The molecule has 0 bridgehead atoms. The number of halogens is 2. The number of carbonyl (C=O) groups excluding carboxylic acids is 1. The van der Waals surface area contributed by atoms with Crippen LogP contribution in [0.15, 0.2) is 36.5 Å². The van der Waals surface area contributed by atoms with Crippen molar-refractivity contribution in [3.8, 4) is 0 Å². The minimum Gasteiger partial charge on any atom is -0.353 e. The number of pyridine rings is 1. The fourth-order valence-electron chi connectivity index (χ4n) is 2.68. The number of hydrogen-bond donors (Lipinski definition) is 2. The molecule has 3 rings (SSSR count). The first kappa shape index (κ1) is 16.1. The van der Waals surface area contributed by atoms with Crippen LogP contribution in [0.2, 0.25) is 10.0 Å². The Labute approximate surface area is 145 Å². The number of benzene rings is 1. The van der Waals surface area contributed by atoms with Crippen LogP contribution >= 0.6 is 23.2 Å². The third-order valence-electron chi connectivity index (χ3n) is 3.89. The Morgan fingerprint density at radius 2 is 1.91 bits per heavy atom. The molecule has 1 aromatic carbocycles. The molecule has 0 unspecified atom stereocenters. The topological polar surface area (TPSA) is 54.0 Å². The predicted octanol–water partition coefficient (Wildman–Crippen LogP) is 4.80. The van der Waals surface area contributed by atoms with Gasteiger partial charge in [-0.1, -0.05) is 36.0 Å². The van der Waals surface area contributed by atoms with Crippen molar-refractivity contribution in [3.63, 3.8) is 0 Å². The molecule has 0 radical (unpaired) electrons. The average molecular weight is 350 g/mol. The molecule has 1 fully saturated rings. The monoisotopic (exact) mass is 349 g/mol. The third-order valence-corrected chi connectivity index (χ3v) is 4.46. The Bertz CT molecular complexity index is 697. The fraction of sp³-hybridized carbons (Fsp3) is 0.294. The second kappa shape index (κ2) is 7.20. The van der Waals surface area contributed by atoms with Gasteiger partial charge in [0.05, 0.1) is 22.6 Å². The smallest absolute Gasteiger partial charge is 0.270 e. The minimum absolute atomic E-state index is 0.121. The van der Waals surface area contributed by atoms with E-state index in [4.69, 9.17) is 23.2 Å². The van der Waals surface area contributed by atoms with Crippen LogP contribution in [0.4, 0.5) is 11.4 Å². The summed E-state index contributed by atoms with van der Waals surface area (Å²) >= 11 is 12.1. The van der Waals surface area contributed by atoms with Crippen molar-refractivity contribution in [1.29, 1.82) is 0 Å². The molecule has 2 N–H and O–H groups in total. The number of aromatic nitrogens is 1. The standard InChI is InChI=1S/C17H17Cl2N3O/c18-11-5-7-14(19)16(9-11)21-13-6-8-15(20-10-13)17(23)22-12-3-1-2-4-12/h5-10,12,21H,1-4H2,(H,22,23). The first-order valence-electron chi connectivity index (χ1n) is 7.61. The van der Waals surface area contributed by atoms with Crippen molar-refractivity contribution in [2.45, 2.75) is 31.7 Å². The molecule has 0 atom stereocenters. The molecule has 0 spiro atoms. The number of nitrogens with one attached hydrogen (secondary N) is 2. The summed E-state index contributed by atoms with van der Waals surface area (Å²) in [5, 5.41) is 7.32. The van der Waals surface area contributed by atoms with Crippen molar-refractivity contribution in [1.82, 2.24) is 10.3 Å². The molecule has 0 saturated heterocycles. The van der Waals surface area contributed by atoms with Gasteiger partial charge in [-0.3, -0.25) is 4.79 Å². The summed E-state index contributed by atoms with van der Waals surface area (Å²) in [4.78, 5) is 16.4. The number of carbonyl (C=O) groups is 1. The lowest BCUT2D eigenvalue weighted by atomic mass is 10.2. The van der Waals surface area contributed by atoms with Crippen LogP contribution < -0.4 is 10.6 Å². The first-order chi connectivity index (χ1) is 11.1. The lowest BCUT2D eigenvalue weighted by molar-refractivity contribution is 0.0933. The Hall–Kier alpha value is -1.78. The molecule has 0 aliphatic heterocycles. The van der Waals surface area contributed by atoms with Crippen molar-refractivity contribution >= 4 is 40.5 Å². The number of rotatable bonds is 4. The van der Waals surface area contributed by atoms with Gasteiger partial charge in [0, 0.05) is 11.1 Å². The van der Waals surface area contributed by atoms with E-state index >= 15 is 0 Å². The Morgan fingerprint density at radius 1 is 1.13 bits per heavy atom. The summed E-state index contributed by atoms with van der Waals surface area (Å²) < 4.78 is 0. The largest absolute Gasteiger partial charge is 0.353 e. The van der Waals surface area contributed by atoms with Gasteiger partial charge in [0.2, 0.25) is 0 Å². The SMILES string of the molecule is O=C(NC1CCCC1)c1ccc(Nc2cc(Cl)ccc2Cl)cn1. The van der Waals surface area contributed by atoms with E-state index in [1.54, 1.807) is 36.5 Å². The summed E-state index contributed by atoms with van der Waals surface area (Å²) in [6.07, 6.45) is 6.08. The maximum atomic E-state index is 12.1. The zero-order valence-electron chi connectivity index (χ0n) is 12.5. The van der Waals surface area contributed by atoms with Crippen LogP contribution in [-0.4, -0.2) is 16.9 Å². The molecule has 1 heterocycles. The van der Waals surface area contributed by atoms with Crippen LogP contribution in [0, 0.1) is 0 Å². The lowest BCUT2D eigenvalue weighted by Crippen LogP contribution is -2.33. The highest BCUT2D eigenvalue weighted by Crippen LogP contribution is 2.28. The summed E-state index contributed by atoms with van der Waals surface area (Å²) in [6.45, 7) is 0. The number of hydrogen-bond acceptors (Lipinski definition) is 3. The Kier molecular flexibility index (Phi) is 5.03. The zero-order chi connectivity index (χ0) is 16.2. The van der Waals surface area contributed by atoms with E-state index in [0.717, 1.165) is 18.5 Å². The van der Waals surface area contributed by atoms with E-state index in [-0.39, 0.29) is 11.9 Å². The molecule has 1 aliphatic rings. The quantitative estimate of drug-likeness (QED) is 0.832. The van der Waals surface area contributed by atoms with Crippen molar-refractivity contribution < 1.29 is 4.79 Å². The summed E-state index contributed by atoms with van der Waals surface area (Å²) in [7, 11) is 0. The highest BCUT2D eigenvalue weighted by Gasteiger charge is 2.18. The Morgan fingerprint density at radius 3 is 2.61 bits per heavy atom. The molecule has 1 aromatic heterocycles. The normalized spacial score (nSPS) is 14.7. The second-order valence-electron chi connectivity index (χ2n) is 5.64. The molecule has 6 heteroatoms. The summed E-state index contributed by atoms with van der Waals surface area (Å²) in [5.41, 5.74) is 1.86. The van der Waals surface area contributed by atoms with E-state index in [1.807, 2.05) is 0 Å². The van der Waals surface area contributed by atoms with Gasteiger partial charge in [0.25, 0.3) is 5.91 Å². The number of anilines is 2. The van der Waals surface area contributed by atoms with Gasteiger partial charge in [-0.15, -0.1) is 0 Å². The molecule has 2 aromatic rings. The van der Waals surface area contributed by atoms with Gasteiger partial charge in [-0.25, -0.2) is 4.98 Å². The number of nitrogens with zero attached hydrogens (tertiary/aromatic N) is 1. The second-order valence-corrected chi connectivity index (χ2v) is 6.48. The highest BCUT2D eigenvalue weighted by molar-refractivity contribution is 6.35. The van der Waals surface area contributed by atoms with E-state index in [2.05, 4.69) is 15.6 Å². The fourth-order valence-corrected chi connectivity index (χ4v) is 3.02. The van der Waals surface area contributed by atoms with Crippen LogP contribution in [0.5, 0.6) is 0 Å². The van der Waals surface area contributed by atoms with Crippen LogP contribution in [-0.2, 0) is 0 Å². The number of amides is 1. The molecular weight excluding hydrogens is 333 g/mol. The van der Waals surface area contributed by atoms with Crippen LogP contribution in [0.25, 0.3) is 0 Å². The maximum Gasteiger partial charge on any atom is 0.270 e. The van der Waals surface area contributed by atoms with Gasteiger partial charge < -0.3 is 10.6 Å². The molecule has 1 saturated carbocycles. The predicted molar refractivity (Wildman–Crippen MR) is 93.7 cm³/mol. The van der Waals surface area contributed by atoms with E-state index in [0.29, 0.717) is 21.4 Å². The van der Waals surface area contributed by atoms with E-state index in [9.17, 15) is 4.79 Å². The van der Waals surface area contributed by atoms with Gasteiger partial charge in [-0.2, -0.15) is 0 Å². The van der Waals surface area contributed by atoms with Gasteiger partial charge in [0.15, 0.2) is 0 Å². The summed E-state index contributed by atoms with van der Waals surface area (Å²) in [5.74, 6) is -0.121. The van der Waals surface area contributed by atoms with Gasteiger partial charge >= 0.3 is 0 Å². The average Bonchev–Trinajstić information content (AvgIpc) is 3.04. The zero-order valence-corrected chi connectivity index (χ0v) is 14.0. The molecule has 1 amide bonds. The van der Waals surface area contributed by atoms with Gasteiger partial charge in [0.1, 0.15) is 5.69 Å². The van der Waals surface area contributed by atoms with Gasteiger partial charge in [-0.05, 0) is 43.2 Å².